The van der Waals surface area contributed by atoms with Crippen molar-refractivity contribution in [2.45, 2.75) is 12.5 Å². The number of esters is 1. The maximum absolute atomic E-state index is 11.5. The number of anilines is 1. The largest absolute Gasteiger partial charge is 0.497 e. The molecule has 0 amide bonds. The number of morpholine rings is 1. The summed E-state index contributed by atoms with van der Waals surface area (Å²) < 4.78 is 15.9. The van der Waals surface area contributed by atoms with Crippen LogP contribution in [0.5, 0.6) is 5.75 Å². The Balaban J connectivity index is 1.65. The van der Waals surface area contributed by atoms with Gasteiger partial charge in [0, 0.05) is 25.7 Å². The minimum atomic E-state index is -0.378. The van der Waals surface area contributed by atoms with Crippen LogP contribution in [0.1, 0.15) is 15.9 Å². The fraction of sp³-hybridized carbons (Fsp3) is 0.368. The van der Waals surface area contributed by atoms with Gasteiger partial charge in [-0.05, 0) is 29.8 Å². The summed E-state index contributed by atoms with van der Waals surface area (Å²) in [6, 6.07) is 11.6. The second-order valence-corrected chi connectivity index (χ2v) is 5.89. The van der Waals surface area contributed by atoms with Crippen molar-refractivity contribution in [3.63, 3.8) is 0 Å². The van der Waals surface area contributed by atoms with E-state index in [-0.39, 0.29) is 12.1 Å². The number of pyridine rings is 1. The van der Waals surface area contributed by atoms with E-state index in [4.69, 9.17) is 14.2 Å². The number of methoxy groups -OCH3 is 2. The third-order valence-corrected chi connectivity index (χ3v) is 4.23. The van der Waals surface area contributed by atoms with Crippen LogP contribution < -0.4 is 9.64 Å². The maximum atomic E-state index is 11.5. The van der Waals surface area contributed by atoms with E-state index in [0.29, 0.717) is 12.2 Å². The minimum absolute atomic E-state index is 0.0861. The summed E-state index contributed by atoms with van der Waals surface area (Å²) in [6.07, 6.45) is 2.45. The summed E-state index contributed by atoms with van der Waals surface area (Å²) in [6.45, 7) is 2.18. The van der Waals surface area contributed by atoms with Crippen molar-refractivity contribution < 1.29 is 19.0 Å². The van der Waals surface area contributed by atoms with Gasteiger partial charge < -0.3 is 19.1 Å². The first-order valence-corrected chi connectivity index (χ1v) is 8.23. The molecule has 0 radical (unpaired) electrons. The van der Waals surface area contributed by atoms with Gasteiger partial charge in [0.25, 0.3) is 0 Å². The molecular weight excluding hydrogens is 320 g/mol. The lowest BCUT2D eigenvalue weighted by molar-refractivity contribution is 0.0407. The number of ether oxygens (including phenoxy) is 3. The molecule has 1 fully saturated rings. The van der Waals surface area contributed by atoms with Crippen LogP contribution >= 0.6 is 0 Å². The number of hydrogen-bond acceptors (Lipinski definition) is 6. The van der Waals surface area contributed by atoms with Gasteiger partial charge in [-0.15, -0.1) is 0 Å². The molecule has 1 aliphatic heterocycles. The van der Waals surface area contributed by atoms with Crippen LogP contribution in [0.4, 0.5) is 5.82 Å². The van der Waals surface area contributed by atoms with Gasteiger partial charge >= 0.3 is 5.97 Å². The second-order valence-electron chi connectivity index (χ2n) is 5.89. The van der Waals surface area contributed by atoms with Crippen molar-refractivity contribution in [1.82, 2.24) is 4.98 Å². The molecule has 2 aromatic rings. The molecule has 6 heteroatoms. The molecule has 0 spiro atoms. The van der Waals surface area contributed by atoms with Crippen molar-refractivity contribution in [3.05, 3.63) is 53.7 Å². The maximum Gasteiger partial charge on any atom is 0.339 e. The van der Waals surface area contributed by atoms with Gasteiger partial charge in [-0.2, -0.15) is 0 Å². The lowest BCUT2D eigenvalue weighted by Gasteiger charge is -2.34. The molecule has 0 aliphatic carbocycles. The highest BCUT2D eigenvalue weighted by atomic mass is 16.5. The van der Waals surface area contributed by atoms with Gasteiger partial charge in [-0.25, -0.2) is 9.78 Å². The number of carbonyl (C=O) groups is 1. The van der Waals surface area contributed by atoms with E-state index in [1.54, 1.807) is 19.4 Å². The SMILES string of the molecule is COC(=O)c1ccc(N2CCOC(Cc3cccc(OC)c3)C2)nc1. The van der Waals surface area contributed by atoms with E-state index >= 15 is 0 Å². The summed E-state index contributed by atoms with van der Waals surface area (Å²) in [4.78, 5) is 18.1. The Morgan fingerprint density at radius 1 is 1.32 bits per heavy atom. The summed E-state index contributed by atoms with van der Waals surface area (Å²) in [5, 5.41) is 0. The summed E-state index contributed by atoms with van der Waals surface area (Å²) >= 11 is 0. The van der Waals surface area contributed by atoms with E-state index in [9.17, 15) is 4.79 Å². The predicted octanol–water partition coefficient (Wildman–Crippen LogP) is 2.32. The Hall–Kier alpha value is -2.60. The molecule has 0 bridgehead atoms. The van der Waals surface area contributed by atoms with E-state index in [0.717, 1.165) is 31.1 Å². The van der Waals surface area contributed by atoms with Crippen molar-refractivity contribution in [2.24, 2.45) is 0 Å². The molecule has 1 atom stereocenters. The van der Waals surface area contributed by atoms with Crippen molar-refractivity contribution in [1.29, 1.82) is 0 Å². The molecule has 1 aliphatic rings. The number of rotatable bonds is 5. The molecule has 0 saturated carbocycles. The van der Waals surface area contributed by atoms with Crippen LogP contribution in [0.25, 0.3) is 0 Å². The molecule has 1 aromatic carbocycles. The first kappa shape index (κ1) is 17.2. The van der Waals surface area contributed by atoms with Crippen LogP contribution in [-0.2, 0) is 15.9 Å². The van der Waals surface area contributed by atoms with E-state index < -0.39 is 0 Å². The molecule has 6 nitrogen and oxygen atoms in total. The third-order valence-electron chi connectivity index (χ3n) is 4.23. The van der Waals surface area contributed by atoms with Crippen LogP contribution in [-0.4, -0.2) is 51.0 Å². The van der Waals surface area contributed by atoms with Gasteiger partial charge in [0.2, 0.25) is 0 Å². The Labute approximate surface area is 147 Å². The summed E-state index contributed by atoms with van der Waals surface area (Å²) in [5.74, 6) is 1.31. The molecular formula is C19H22N2O4. The van der Waals surface area contributed by atoms with Crippen molar-refractivity contribution in [3.8, 4) is 5.75 Å². The zero-order valence-corrected chi connectivity index (χ0v) is 14.5. The molecule has 3 rings (SSSR count). The fourth-order valence-electron chi connectivity index (χ4n) is 2.92. The molecule has 0 N–H and O–H groups in total. The topological polar surface area (TPSA) is 60.9 Å². The Morgan fingerprint density at radius 2 is 2.20 bits per heavy atom. The van der Waals surface area contributed by atoms with Crippen molar-refractivity contribution >= 4 is 11.8 Å². The minimum Gasteiger partial charge on any atom is -0.497 e. The van der Waals surface area contributed by atoms with Gasteiger partial charge in [0.05, 0.1) is 32.5 Å². The lowest BCUT2D eigenvalue weighted by atomic mass is 10.1. The second kappa shape index (κ2) is 7.98. The number of hydrogen-bond donors (Lipinski definition) is 0. The van der Waals surface area contributed by atoms with Gasteiger partial charge in [0.15, 0.2) is 0 Å². The van der Waals surface area contributed by atoms with E-state index in [1.807, 2.05) is 24.3 Å². The van der Waals surface area contributed by atoms with Crippen LogP contribution in [0.15, 0.2) is 42.6 Å². The standard InChI is InChI=1S/C19H22N2O4/c1-23-16-5-3-4-14(10-16)11-17-13-21(8-9-25-17)18-7-6-15(12-20-18)19(22)24-2/h3-7,10,12,17H,8-9,11,13H2,1-2H3. The van der Waals surface area contributed by atoms with E-state index in [1.165, 1.54) is 12.7 Å². The smallest absolute Gasteiger partial charge is 0.339 e. The lowest BCUT2D eigenvalue weighted by Crippen LogP contribution is -2.43. The Bertz CT molecular complexity index is 718. The van der Waals surface area contributed by atoms with E-state index in [2.05, 4.69) is 16.0 Å². The predicted molar refractivity (Wildman–Crippen MR) is 94.2 cm³/mol. The van der Waals surface area contributed by atoms with Gasteiger partial charge in [-0.3, -0.25) is 0 Å². The zero-order chi connectivity index (χ0) is 17.6. The molecule has 25 heavy (non-hydrogen) atoms. The monoisotopic (exact) mass is 342 g/mol. The first-order valence-electron chi connectivity index (χ1n) is 8.23. The normalized spacial score (nSPS) is 17.2. The summed E-state index contributed by atoms with van der Waals surface area (Å²) in [7, 11) is 3.03. The zero-order valence-electron chi connectivity index (χ0n) is 14.5. The number of carbonyl (C=O) groups excluding carboxylic acids is 1. The third kappa shape index (κ3) is 4.28. The fourth-order valence-corrected chi connectivity index (χ4v) is 2.92. The number of nitrogens with zero attached hydrogens (tertiary/aromatic N) is 2. The molecule has 1 saturated heterocycles. The Morgan fingerprint density at radius 3 is 2.92 bits per heavy atom. The summed E-state index contributed by atoms with van der Waals surface area (Å²) in [5.41, 5.74) is 1.63. The van der Waals surface area contributed by atoms with Crippen LogP contribution in [0.2, 0.25) is 0 Å². The quantitative estimate of drug-likeness (QED) is 0.777. The van der Waals surface area contributed by atoms with Crippen LogP contribution in [0.3, 0.4) is 0 Å². The highest BCUT2D eigenvalue weighted by Gasteiger charge is 2.22. The molecule has 2 heterocycles. The number of aromatic nitrogens is 1. The average molecular weight is 342 g/mol. The highest BCUT2D eigenvalue weighted by Crippen LogP contribution is 2.20. The first-order chi connectivity index (χ1) is 12.2. The number of benzene rings is 1. The average Bonchev–Trinajstić information content (AvgIpc) is 2.68. The van der Waals surface area contributed by atoms with Crippen LogP contribution in [0, 0.1) is 0 Å². The van der Waals surface area contributed by atoms with Crippen molar-refractivity contribution in [2.75, 3.05) is 38.8 Å². The highest BCUT2D eigenvalue weighted by molar-refractivity contribution is 5.89. The van der Waals surface area contributed by atoms with Gasteiger partial charge in [0.1, 0.15) is 11.6 Å². The molecule has 132 valence electrons. The van der Waals surface area contributed by atoms with Gasteiger partial charge in [-0.1, -0.05) is 12.1 Å². The Kier molecular flexibility index (Phi) is 5.50. The molecule has 1 aromatic heterocycles. The molecule has 1 unspecified atom stereocenters.